The van der Waals surface area contributed by atoms with Gasteiger partial charge in [-0.25, -0.2) is 13.8 Å². The number of aliphatic hydroxyl groups excluding tert-OH is 1. The summed E-state index contributed by atoms with van der Waals surface area (Å²) in [5, 5.41) is 11.4. The van der Waals surface area contributed by atoms with Crippen molar-refractivity contribution in [3.8, 4) is 0 Å². The Morgan fingerprint density at radius 1 is 1.50 bits per heavy atom. The second kappa shape index (κ2) is 5.60. The van der Waals surface area contributed by atoms with Crippen LogP contribution < -0.4 is 11.1 Å². The fraction of sp³-hybridized carbons (Fsp3) is 0.500. The zero-order valence-corrected chi connectivity index (χ0v) is 9.00. The van der Waals surface area contributed by atoms with Gasteiger partial charge in [-0.2, -0.15) is 0 Å². The number of hydrogen-bond acceptors (Lipinski definition) is 4. The highest BCUT2D eigenvalue weighted by atomic mass is 19.1. The molecule has 1 heterocycles. The molecule has 6 heteroatoms. The Balaban J connectivity index is 2.63. The van der Waals surface area contributed by atoms with Crippen LogP contribution in [0.25, 0.3) is 0 Å². The molecule has 0 aliphatic rings. The van der Waals surface area contributed by atoms with Crippen LogP contribution in [0.2, 0.25) is 0 Å². The van der Waals surface area contributed by atoms with Crippen LogP contribution >= 0.6 is 0 Å². The fourth-order valence-corrected chi connectivity index (χ4v) is 1.20. The third-order valence-electron chi connectivity index (χ3n) is 2.20. The van der Waals surface area contributed by atoms with Gasteiger partial charge in [0.1, 0.15) is 0 Å². The highest BCUT2D eigenvalue weighted by molar-refractivity contribution is 5.44. The standard InChI is InChI=1S/C10H15F2N3O/c1-6(2-3-16)5-14-10-8(12)4-7(11)9(13)15-10/h4,6,16H,2-3,5H2,1H3,(H3,13,14,15). The number of halogens is 2. The fourth-order valence-electron chi connectivity index (χ4n) is 1.20. The van der Waals surface area contributed by atoms with E-state index in [2.05, 4.69) is 10.3 Å². The maximum absolute atomic E-state index is 13.2. The van der Waals surface area contributed by atoms with Gasteiger partial charge >= 0.3 is 0 Å². The van der Waals surface area contributed by atoms with E-state index in [1.807, 2.05) is 6.92 Å². The van der Waals surface area contributed by atoms with Gasteiger partial charge in [-0.15, -0.1) is 0 Å². The van der Waals surface area contributed by atoms with Crippen LogP contribution in [0.4, 0.5) is 20.4 Å². The molecule has 1 aromatic heterocycles. The van der Waals surface area contributed by atoms with E-state index in [1.165, 1.54) is 0 Å². The molecule has 1 atom stereocenters. The van der Waals surface area contributed by atoms with Crippen LogP contribution in [0.15, 0.2) is 6.07 Å². The van der Waals surface area contributed by atoms with Gasteiger partial charge in [0.15, 0.2) is 23.3 Å². The van der Waals surface area contributed by atoms with Crippen molar-refractivity contribution in [1.29, 1.82) is 0 Å². The first kappa shape index (κ1) is 12.6. The molecule has 0 bridgehead atoms. The van der Waals surface area contributed by atoms with E-state index in [1.54, 1.807) is 0 Å². The number of nitrogens with two attached hydrogens (primary N) is 1. The average Bonchev–Trinajstić information content (AvgIpc) is 2.22. The van der Waals surface area contributed by atoms with Gasteiger partial charge in [-0.1, -0.05) is 6.92 Å². The molecule has 0 aliphatic carbocycles. The monoisotopic (exact) mass is 231 g/mol. The maximum atomic E-state index is 13.2. The summed E-state index contributed by atoms with van der Waals surface area (Å²) in [6, 6.07) is 0.696. The number of aliphatic hydroxyl groups is 1. The normalized spacial score (nSPS) is 12.5. The summed E-state index contributed by atoms with van der Waals surface area (Å²) in [5.41, 5.74) is 5.22. The minimum Gasteiger partial charge on any atom is -0.396 e. The summed E-state index contributed by atoms with van der Waals surface area (Å²) >= 11 is 0. The van der Waals surface area contributed by atoms with E-state index >= 15 is 0 Å². The summed E-state index contributed by atoms with van der Waals surface area (Å²) in [6.45, 7) is 2.41. The molecule has 1 unspecified atom stereocenters. The molecule has 0 amide bonds. The summed E-state index contributed by atoms with van der Waals surface area (Å²) in [5.74, 6) is -1.88. The zero-order valence-electron chi connectivity index (χ0n) is 9.00. The Labute approximate surface area is 92.5 Å². The van der Waals surface area contributed by atoms with Crippen molar-refractivity contribution >= 4 is 11.6 Å². The second-order valence-corrected chi connectivity index (χ2v) is 3.68. The van der Waals surface area contributed by atoms with E-state index in [-0.39, 0.29) is 24.2 Å². The molecule has 1 aromatic rings. The van der Waals surface area contributed by atoms with Crippen LogP contribution in [0.5, 0.6) is 0 Å². The van der Waals surface area contributed by atoms with Gasteiger partial charge in [-0.3, -0.25) is 0 Å². The SMILES string of the molecule is CC(CCO)CNc1nc(N)c(F)cc1F. The molecule has 0 aliphatic heterocycles. The highest BCUT2D eigenvalue weighted by Crippen LogP contribution is 2.17. The lowest BCUT2D eigenvalue weighted by Crippen LogP contribution is -2.15. The van der Waals surface area contributed by atoms with E-state index in [0.29, 0.717) is 19.0 Å². The smallest absolute Gasteiger partial charge is 0.168 e. The van der Waals surface area contributed by atoms with Crippen molar-refractivity contribution in [2.24, 2.45) is 5.92 Å². The molecule has 1 rings (SSSR count). The molecule has 0 fully saturated rings. The summed E-state index contributed by atoms with van der Waals surface area (Å²) < 4.78 is 26.0. The van der Waals surface area contributed by atoms with Gasteiger partial charge < -0.3 is 16.2 Å². The third kappa shape index (κ3) is 3.30. The molecular weight excluding hydrogens is 216 g/mol. The number of hydrogen-bond donors (Lipinski definition) is 3. The predicted molar refractivity (Wildman–Crippen MR) is 57.9 cm³/mol. The number of nitrogens with zero attached hydrogens (tertiary/aromatic N) is 1. The number of anilines is 2. The van der Waals surface area contributed by atoms with E-state index < -0.39 is 11.6 Å². The van der Waals surface area contributed by atoms with Crippen LogP contribution in [-0.4, -0.2) is 23.2 Å². The molecule has 4 N–H and O–H groups in total. The first-order valence-electron chi connectivity index (χ1n) is 5.00. The molecule has 90 valence electrons. The predicted octanol–water partition coefficient (Wildman–Crippen LogP) is 1.37. The van der Waals surface area contributed by atoms with Gasteiger partial charge in [0.05, 0.1) is 0 Å². The Hall–Kier alpha value is -1.43. The van der Waals surface area contributed by atoms with Gasteiger partial charge in [0.2, 0.25) is 0 Å². The lowest BCUT2D eigenvalue weighted by Gasteiger charge is -2.12. The van der Waals surface area contributed by atoms with Crippen LogP contribution in [0.3, 0.4) is 0 Å². The first-order chi connectivity index (χ1) is 7.54. The quantitative estimate of drug-likeness (QED) is 0.715. The Bertz CT molecular complexity index is 360. The van der Waals surface area contributed by atoms with Crippen molar-refractivity contribution in [1.82, 2.24) is 4.98 Å². The number of pyridine rings is 1. The van der Waals surface area contributed by atoms with Crippen LogP contribution in [-0.2, 0) is 0 Å². The number of aromatic nitrogens is 1. The lowest BCUT2D eigenvalue weighted by molar-refractivity contribution is 0.265. The topological polar surface area (TPSA) is 71.2 Å². The molecule has 0 radical (unpaired) electrons. The highest BCUT2D eigenvalue weighted by Gasteiger charge is 2.10. The molecular formula is C10H15F2N3O. The lowest BCUT2D eigenvalue weighted by atomic mass is 10.1. The van der Waals surface area contributed by atoms with Crippen molar-refractivity contribution in [3.05, 3.63) is 17.7 Å². The first-order valence-corrected chi connectivity index (χ1v) is 5.00. The molecule has 0 aromatic carbocycles. The maximum Gasteiger partial charge on any atom is 0.168 e. The molecule has 0 saturated heterocycles. The zero-order chi connectivity index (χ0) is 12.1. The van der Waals surface area contributed by atoms with E-state index in [4.69, 9.17) is 10.8 Å². The van der Waals surface area contributed by atoms with Gasteiger partial charge in [-0.05, 0) is 12.3 Å². The number of rotatable bonds is 5. The molecule has 16 heavy (non-hydrogen) atoms. The number of nitrogens with one attached hydrogen (secondary N) is 1. The third-order valence-corrected chi connectivity index (χ3v) is 2.20. The van der Waals surface area contributed by atoms with Crippen LogP contribution in [0, 0.1) is 17.6 Å². The molecule has 4 nitrogen and oxygen atoms in total. The Morgan fingerprint density at radius 3 is 2.81 bits per heavy atom. The Kier molecular flexibility index (Phi) is 4.42. The summed E-state index contributed by atoms with van der Waals surface area (Å²) in [7, 11) is 0. The van der Waals surface area contributed by atoms with Crippen molar-refractivity contribution in [3.63, 3.8) is 0 Å². The summed E-state index contributed by atoms with van der Waals surface area (Å²) in [4.78, 5) is 3.56. The van der Waals surface area contributed by atoms with Crippen molar-refractivity contribution in [2.75, 3.05) is 24.2 Å². The van der Waals surface area contributed by atoms with Gasteiger partial charge in [0.25, 0.3) is 0 Å². The largest absolute Gasteiger partial charge is 0.396 e. The number of nitrogen functional groups attached to an aromatic ring is 1. The van der Waals surface area contributed by atoms with Crippen molar-refractivity contribution in [2.45, 2.75) is 13.3 Å². The molecule has 0 saturated carbocycles. The van der Waals surface area contributed by atoms with Gasteiger partial charge in [0, 0.05) is 19.2 Å². The Morgan fingerprint density at radius 2 is 2.19 bits per heavy atom. The van der Waals surface area contributed by atoms with E-state index in [9.17, 15) is 8.78 Å². The van der Waals surface area contributed by atoms with Crippen molar-refractivity contribution < 1.29 is 13.9 Å². The minimum atomic E-state index is -0.869. The van der Waals surface area contributed by atoms with E-state index in [0.717, 1.165) is 0 Å². The van der Waals surface area contributed by atoms with Crippen LogP contribution in [0.1, 0.15) is 13.3 Å². The second-order valence-electron chi connectivity index (χ2n) is 3.68. The average molecular weight is 231 g/mol. The summed E-state index contributed by atoms with van der Waals surface area (Å²) in [6.07, 6.45) is 0.602. The molecule has 0 spiro atoms. The minimum absolute atomic E-state index is 0.0660.